The predicted molar refractivity (Wildman–Crippen MR) is 106 cm³/mol. The number of methoxy groups -OCH3 is 2. The van der Waals surface area contributed by atoms with Crippen molar-refractivity contribution in [3.8, 4) is 5.75 Å². The van der Waals surface area contributed by atoms with Crippen molar-refractivity contribution in [1.29, 1.82) is 0 Å². The Morgan fingerprint density at radius 3 is 2.29 bits per heavy atom. The summed E-state index contributed by atoms with van der Waals surface area (Å²) in [7, 11) is 4.61. The summed E-state index contributed by atoms with van der Waals surface area (Å²) >= 11 is 0. The highest BCUT2D eigenvalue weighted by molar-refractivity contribution is 5.96. The number of amides is 1. The molecule has 7 heteroatoms. The molecule has 0 fully saturated rings. The van der Waals surface area contributed by atoms with Crippen LogP contribution in [0.3, 0.4) is 0 Å². The van der Waals surface area contributed by atoms with E-state index >= 15 is 0 Å². The summed E-state index contributed by atoms with van der Waals surface area (Å²) in [6, 6.07) is 6.61. The highest BCUT2D eigenvalue weighted by atomic mass is 16.5. The first-order valence-electron chi connectivity index (χ1n) is 8.42. The molecule has 1 aromatic carbocycles. The van der Waals surface area contributed by atoms with Gasteiger partial charge in [0.15, 0.2) is 0 Å². The lowest BCUT2D eigenvalue weighted by Gasteiger charge is -2.29. The van der Waals surface area contributed by atoms with Crippen molar-refractivity contribution >= 4 is 11.9 Å². The highest BCUT2D eigenvalue weighted by Gasteiger charge is 2.24. The molecule has 1 aromatic rings. The Morgan fingerprint density at radius 2 is 1.79 bits per heavy atom. The predicted octanol–water partition coefficient (Wildman–Crippen LogP) is 3.38. The minimum Gasteiger partial charge on any atom is -0.504 e. The minimum absolute atomic E-state index is 0.547. The molecule has 0 aliphatic heterocycles. The van der Waals surface area contributed by atoms with Crippen LogP contribution in [-0.4, -0.2) is 48.3 Å². The summed E-state index contributed by atoms with van der Waals surface area (Å²) in [6.07, 6.45) is 9.30. The van der Waals surface area contributed by atoms with Gasteiger partial charge in [-0.3, -0.25) is 4.79 Å². The van der Waals surface area contributed by atoms with Gasteiger partial charge in [0, 0.05) is 7.05 Å². The van der Waals surface area contributed by atoms with E-state index in [-0.39, 0.29) is 0 Å². The number of carboxylic acid groups (broad SMARTS) is 1. The van der Waals surface area contributed by atoms with Crippen LogP contribution in [0.4, 0.5) is 0 Å². The van der Waals surface area contributed by atoms with Crippen molar-refractivity contribution in [2.75, 3.05) is 21.3 Å². The van der Waals surface area contributed by atoms with Gasteiger partial charge in [-0.2, -0.15) is 0 Å². The van der Waals surface area contributed by atoms with Crippen molar-refractivity contribution in [2.45, 2.75) is 13.0 Å². The van der Waals surface area contributed by atoms with Crippen molar-refractivity contribution in [3.05, 3.63) is 77.8 Å². The topological polar surface area (TPSA) is 96.3 Å². The first-order chi connectivity index (χ1) is 13.3. The zero-order valence-corrected chi connectivity index (χ0v) is 16.3. The van der Waals surface area contributed by atoms with Gasteiger partial charge in [-0.05, 0) is 36.3 Å². The average molecular weight is 387 g/mol. The second-order valence-corrected chi connectivity index (χ2v) is 5.69. The third-order valence-corrected chi connectivity index (χ3v) is 3.82. The lowest BCUT2D eigenvalue weighted by molar-refractivity contribution is -0.136. The van der Waals surface area contributed by atoms with Gasteiger partial charge in [-0.25, -0.2) is 4.79 Å². The SMILES string of the molecule is C\C=C/C(=C\C=C\OC)C(c1ccc(OC)cc1)N(C)C(=O)/C=C(\O)C(=O)O. The number of carbonyl (C=O) groups is 2. The Morgan fingerprint density at radius 1 is 1.14 bits per heavy atom. The van der Waals surface area contributed by atoms with Crippen LogP contribution in [-0.2, 0) is 14.3 Å². The number of aliphatic hydroxyl groups is 1. The molecular weight excluding hydrogens is 362 g/mol. The molecule has 0 aliphatic carbocycles. The Balaban J connectivity index is 3.45. The second-order valence-electron chi connectivity index (χ2n) is 5.69. The van der Waals surface area contributed by atoms with E-state index in [4.69, 9.17) is 14.6 Å². The van der Waals surface area contributed by atoms with E-state index in [2.05, 4.69) is 0 Å². The molecule has 1 rings (SSSR count). The maximum atomic E-state index is 12.5. The zero-order chi connectivity index (χ0) is 21.1. The Bertz CT molecular complexity index is 790. The Hall–Kier alpha value is -3.48. The lowest BCUT2D eigenvalue weighted by Crippen LogP contribution is -2.31. The molecular formula is C21H25NO6. The zero-order valence-electron chi connectivity index (χ0n) is 16.3. The molecule has 150 valence electrons. The molecule has 0 spiro atoms. The van der Waals surface area contributed by atoms with Crippen LogP contribution in [0.25, 0.3) is 0 Å². The number of likely N-dealkylation sites (N-methyl/N-ethyl adjacent to an activating group) is 1. The summed E-state index contributed by atoms with van der Waals surface area (Å²) in [5.74, 6) is -2.60. The lowest BCUT2D eigenvalue weighted by atomic mass is 9.96. The van der Waals surface area contributed by atoms with Gasteiger partial charge in [0.05, 0.1) is 32.6 Å². The third kappa shape index (κ3) is 6.35. The first-order valence-corrected chi connectivity index (χ1v) is 8.42. The number of allylic oxidation sites excluding steroid dienone is 3. The molecule has 0 aromatic heterocycles. The van der Waals surface area contributed by atoms with Crippen molar-refractivity contribution in [1.82, 2.24) is 4.90 Å². The van der Waals surface area contributed by atoms with E-state index < -0.39 is 23.7 Å². The van der Waals surface area contributed by atoms with Crippen LogP contribution in [0.2, 0.25) is 0 Å². The molecule has 2 N–H and O–H groups in total. The molecule has 0 saturated heterocycles. The van der Waals surface area contributed by atoms with Crippen molar-refractivity contribution in [3.63, 3.8) is 0 Å². The first kappa shape index (κ1) is 22.6. The monoisotopic (exact) mass is 387 g/mol. The largest absolute Gasteiger partial charge is 0.504 e. The summed E-state index contributed by atoms with van der Waals surface area (Å²) in [6.45, 7) is 1.84. The van der Waals surface area contributed by atoms with Crippen LogP contribution in [0, 0.1) is 0 Å². The van der Waals surface area contributed by atoms with E-state index in [0.29, 0.717) is 11.8 Å². The molecule has 7 nitrogen and oxygen atoms in total. The van der Waals surface area contributed by atoms with Gasteiger partial charge in [-0.1, -0.05) is 30.4 Å². The molecule has 0 saturated carbocycles. The number of carbonyl (C=O) groups excluding carboxylic acids is 1. The van der Waals surface area contributed by atoms with E-state index in [1.807, 2.05) is 31.2 Å². The number of nitrogens with zero attached hydrogens (tertiary/aromatic N) is 1. The van der Waals surface area contributed by atoms with E-state index in [9.17, 15) is 14.7 Å². The van der Waals surface area contributed by atoms with Crippen molar-refractivity contribution < 1.29 is 29.3 Å². The standard InChI is InChI=1S/C21H25NO6/c1-5-7-15(8-6-13-27-3)20(16-9-11-17(28-4)12-10-16)22(2)19(24)14-18(23)21(25)26/h5-14,20,23H,1-4H3,(H,25,26)/b7-5-,13-6+,15-8+,18-14-. The van der Waals surface area contributed by atoms with Gasteiger partial charge in [0.1, 0.15) is 5.75 Å². The Labute approximate surface area is 164 Å². The van der Waals surface area contributed by atoms with Gasteiger partial charge >= 0.3 is 5.97 Å². The van der Waals surface area contributed by atoms with E-state index in [1.54, 1.807) is 31.4 Å². The van der Waals surface area contributed by atoms with Gasteiger partial charge < -0.3 is 24.6 Å². The average Bonchev–Trinajstić information content (AvgIpc) is 2.68. The van der Waals surface area contributed by atoms with Gasteiger partial charge in [0.25, 0.3) is 5.91 Å². The summed E-state index contributed by atoms with van der Waals surface area (Å²) < 4.78 is 10.1. The molecule has 28 heavy (non-hydrogen) atoms. The number of aliphatic hydroxyl groups excluding tert-OH is 1. The molecule has 1 amide bonds. The number of hydrogen-bond acceptors (Lipinski definition) is 5. The molecule has 1 unspecified atom stereocenters. The third-order valence-electron chi connectivity index (χ3n) is 3.82. The number of hydrogen-bond donors (Lipinski definition) is 2. The molecule has 0 heterocycles. The van der Waals surface area contributed by atoms with Gasteiger partial charge in [0.2, 0.25) is 5.76 Å². The summed E-state index contributed by atoms with van der Waals surface area (Å²) in [5.41, 5.74) is 1.52. The molecule has 1 atom stereocenters. The Kier molecular flexibility index (Phi) is 9.09. The van der Waals surface area contributed by atoms with Crippen LogP contribution >= 0.6 is 0 Å². The molecule has 0 bridgehead atoms. The number of aliphatic carboxylic acids is 1. The molecule has 0 radical (unpaired) electrons. The maximum absolute atomic E-state index is 12.5. The fourth-order valence-electron chi connectivity index (χ4n) is 2.49. The summed E-state index contributed by atoms with van der Waals surface area (Å²) in [5, 5.41) is 18.2. The van der Waals surface area contributed by atoms with Crippen LogP contribution in [0.5, 0.6) is 5.75 Å². The maximum Gasteiger partial charge on any atom is 0.371 e. The fourth-order valence-corrected chi connectivity index (χ4v) is 2.49. The smallest absolute Gasteiger partial charge is 0.371 e. The van der Waals surface area contributed by atoms with Gasteiger partial charge in [-0.15, -0.1) is 0 Å². The van der Waals surface area contributed by atoms with E-state index in [1.165, 1.54) is 25.3 Å². The number of carboxylic acids is 1. The fraction of sp³-hybridized carbons (Fsp3) is 0.238. The second kappa shape index (κ2) is 11.3. The van der Waals surface area contributed by atoms with E-state index in [0.717, 1.165) is 11.1 Å². The van der Waals surface area contributed by atoms with Crippen LogP contribution in [0.1, 0.15) is 18.5 Å². The minimum atomic E-state index is -1.57. The number of rotatable bonds is 9. The number of benzene rings is 1. The quantitative estimate of drug-likeness (QED) is 0.383. The normalized spacial score (nSPS) is 13.6. The van der Waals surface area contributed by atoms with Crippen LogP contribution < -0.4 is 4.74 Å². The van der Waals surface area contributed by atoms with Crippen molar-refractivity contribution in [2.24, 2.45) is 0 Å². The molecule has 0 aliphatic rings. The van der Waals surface area contributed by atoms with Crippen LogP contribution in [0.15, 0.2) is 72.2 Å². The highest BCUT2D eigenvalue weighted by Crippen LogP contribution is 2.30. The summed E-state index contributed by atoms with van der Waals surface area (Å²) in [4.78, 5) is 24.7. The number of ether oxygens (including phenoxy) is 2.